The SMILES string of the molecule is CCCNC(CCCC1CCCO1)C1CCCCCC1. The van der Waals surface area contributed by atoms with Crippen molar-refractivity contribution in [3.05, 3.63) is 0 Å². The van der Waals surface area contributed by atoms with Crippen LogP contribution < -0.4 is 5.32 Å². The van der Waals surface area contributed by atoms with Gasteiger partial charge in [0.25, 0.3) is 0 Å². The van der Waals surface area contributed by atoms with Crippen LogP contribution in [0.5, 0.6) is 0 Å². The minimum Gasteiger partial charge on any atom is -0.378 e. The maximum Gasteiger partial charge on any atom is 0.0576 e. The number of rotatable bonds is 8. The zero-order valence-corrected chi connectivity index (χ0v) is 13.5. The zero-order chi connectivity index (χ0) is 14.0. The van der Waals surface area contributed by atoms with Crippen molar-refractivity contribution in [2.75, 3.05) is 13.2 Å². The predicted molar refractivity (Wildman–Crippen MR) is 86.1 cm³/mol. The molecule has 0 spiro atoms. The summed E-state index contributed by atoms with van der Waals surface area (Å²) in [5, 5.41) is 3.85. The van der Waals surface area contributed by atoms with E-state index in [2.05, 4.69) is 12.2 Å². The van der Waals surface area contributed by atoms with Gasteiger partial charge in [0.15, 0.2) is 0 Å². The second kappa shape index (κ2) is 9.78. The third-order valence-electron chi connectivity index (χ3n) is 5.19. The van der Waals surface area contributed by atoms with Gasteiger partial charge in [-0.15, -0.1) is 0 Å². The third-order valence-corrected chi connectivity index (χ3v) is 5.19. The minimum absolute atomic E-state index is 0.580. The molecule has 1 saturated carbocycles. The molecule has 0 amide bonds. The van der Waals surface area contributed by atoms with Gasteiger partial charge in [0, 0.05) is 12.6 Å². The molecule has 2 heteroatoms. The standard InChI is InChI=1S/C18H35NO/c1-2-14-19-18(16-9-5-3-4-6-10-16)13-7-11-17-12-8-15-20-17/h16-19H,2-15H2,1H3. The summed E-state index contributed by atoms with van der Waals surface area (Å²) in [6.45, 7) is 4.48. The van der Waals surface area contributed by atoms with Crippen LogP contribution in [0.25, 0.3) is 0 Å². The van der Waals surface area contributed by atoms with Gasteiger partial charge in [-0.3, -0.25) is 0 Å². The van der Waals surface area contributed by atoms with Crippen molar-refractivity contribution in [1.82, 2.24) is 5.32 Å². The molecule has 2 fully saturated rings. The molecule has 20 heavy (non-hydrogen) atoms. The van der Waals surface area contributed by atoms with Gasteiger partial charge >= 0.3 is 0 Å². The fraction of sp³-hybridized carbons (Fsp3) is 1.00. The van der Waals surface area contributed by atoms with Crippen LogP contribution in [0.4, 0.5) is 0 Å². The molecule has 1 saturated heterocycles. The first kappa shape index (κ1) is 16.3. The lowest BCUT2D eigenvalue weighted by Crippen LogP contribution is -2.36. The molecule has 1 aliphatic heterocycles. The van der Waals surface area contributed by atoms with E-state index in [9.17, 15) is 0 Å². The molecule has 0 radical (unpaired) electrons. The van der Waals surface area contributed by atoms with Gasteiger partial charge in [-0.05, 0) is 63.8 Å². The van der Waals surface area contributed by atoms with Crippen LogP contribution in [0.3, 0.4) is 0 Å². The number of ether oxygens (including phenoxy) is 1. The Morgan fingerprint density at radius 1 is 1.05 bits per heavy atom. The highest BCUT2D eigenvalue weighted by atomic mass is 16.5. The molecule has 1 aliphatic carbocycles. The summed E-state index contributed by atoms with van der Waals surface area (Å²) in [6.07, 6.45) is 17.2. The molecule has 2 unspecified atom stereocenters. The van der Waals surface area contributed by atoms with Crippen molar-refractivity contribution in [2.45, 2.75) is 96.1 Å². The molecule has 2 aliphatic rings. The van der Waals surface area contributed by atoms with Crippen LogP contribution >= 0.6 is 0 Å². The van der Waals surface area contributed by atoms with Crippen LogP contribution in [0.2, 0.25) is 0 Å². The van der Waals surface area contributed by atoms with Crippen LogP contribution in [-0.4, -0.2) is 25.3 Å². The van der Waals surface area contributed by atoms with Gasteiger partial charge in [0.2, 0.25) is 0 Å². The normalized spacial score (nSPS) is 26.6. The van der Waals surface area contributed by atoms with Crippen molar-refractivity contribution < 1.29 is 4.74 Å². The summed E-state index contributed by atoms with van der Waals surface area (Å²) < 4.78 is 5.76. The first-order valence-corrected chi connectivity index (χ1v) is 9.25. The van der Waals surface area contributed by atoms with Crippen molar-refractivity contribution in [3.8, 4) is 0 Å². The van der Waals surface area contributed by atoms with Gasteiger partial charge in [-0.1, -0.05) is 32.6 Å². The Hall–Kier alpha value is -0.0800. The highest BCUT2D eigenvalue weighted by Gasteiger charge is 2.23. The van der Waals surface area contributed by atoms with Crippen LogP contribution in [0.15, 0.2) is 0 Å². The largest absolute Gasteiger partial charge is 0.378 e. The van der Waals surface area contributed by atoms with E-state index in [1.54, 1.807) is 0 Å². The molecular formula is C18H35NO. The summed E-state index contributed by atoms with van der Waals surface area (Å²) in [5.74, 6) is 0.938. The number of hydrogen-bond donors (Lipinski definition) is 1. The van der Waals surface area contributed by atoms with Crippen molar-refractivity contribution in [1.29, 1.82) is 0 Å². The second-order valence-electron chi connectivity index (χ2n) is 6.88. The lowest BCUT2D eigenvalue weighted by molar-refractivity contribution is 0.100. The maximum absolute atomic E-state index is 5.76. The number of nitrogens with one attached hydrogen (secondary N) is 1. The molecule has 0 bridgehead atoms. The van der Waals surface area contributed by atoms with E-state index in [4.69, 9.17) is 4.74 Å². The van der Waals surface area contributed by atoms with Crippen molar-refractivity contribution in [3.63, 3.8) is 0 Å². The predicted octanol–water partition coefficient (Wildman–Crippen LogP) is 4.67. The average molecular weight is 281 g/mol. The molecule has 2 nitrogen and oxygen atoms in total. The summed E-state index contributed by atoms with van der Waals surface area (Å²) in [5.41, 5.74) is 0. The highest BCUT2D eigenvalue weighted by molar-refractivity contribution is 4.79. The van der Waals surface area contributed by atoms with Crippen molar-refractivity contribution in [2.24, 2.45) is 5.92 Å². The first-order chi connectivity index (χ1) is 9.90. The van der Waals surface area contributed by atoms with Gasteiger partial charge < -0.3 is 10.1 Å². The van der Waals surface area contributed by atoms with Gasteiger partial charge in [0.05, 0.1) is 6.10 Å². The monoisotopic (exact) mass is 281 g/mol. The molecule has 1 N–H and O–H groups in total. The highest BCUT2D eigenvalue weighted by Crippen LogP contribution is 2.28. The molecule has 2 atom stereocenters. The fourth-order valence-corrected chi connectivity index (χ4v) is 3.98. The molecule has 0 aromatic rings. The summed E-state index contributed by atoms with van der Waals surface area (Å²) in [6, 6.07) is 0.773. The Morgan fingerprint density at radius 2 is 1.85 bits per heavy atom. The van der Waals surface area contributed by atoms with E-state index >= 15 is 0 Å². The summed E-state index contributed by atoms with van der Waals surface area (Å²) >= 11 is 0. The Labute approximate surface area is 126 Å². The molecule has 1 heterocycles. The number of hydrogen-bond acceptors (Lipinski definition) is 2. The summed E-state index contributed by atoms with van der Waals surface area (Å²) in [4.78, 5) is 0. The Kier molecular flexibility index (Phi) is 7.97. The first-order valence-electron chi connectivity index (χ1n) is 9.25. The van der Waals surface area contributed by atoms with Gasteiger partial charge in [-0.2, -0.15) is 0 Å². The van der Waals surface area contributed by atoms with E-state index in [0.29, 0.717) is 6.10 Å². The molecule has 2 rings (SSSR count). The average Bonchev–Trinajstić information content (AvgIpc) is 2.83. The van der Waals surface area contributed by atoms with Gasteiger partial charge in [0.1, 0.15) is 0 Å². The Bertz CT molecular complexity index is 230. The quantitative estimate of drug-likeness (QED) is 0.653. The molecule has 118 valence electrons. The molecule has 0 aromatic heterocycles. The second-order valence-corrected chi connectivity index (χ2v) is 6.88. The maximum atomic E-state index is 5.76. The topological polar surface area (TPSA) is 21.3 Å². The Morgan fingerprint density at radius 3 is 2.50 bits per heavy atom. The van der Waals surface area contributed by atoms with Crippen LogP contribution in [0, 0.1) is 5.92 Å². The fourth-order valence-electron chi connectivity index (χ4n) is 3.98. The van der Waals surface area contributed by atoms with Crippen LogP contribution in [0.1, 0.15) is 84.0 Å². The minimum atomic E-state index is 0.580. The zero-order valence-electron chi connectivity index (χ0n) is 13.5. The molecule has 0 aromatic carbocycles. The van der Waals surface area contributed by atoms with E-state index in [-0.39, 0.29) is 0 Å². The summed E-state index contributed by atoms with van der Waals surface area (Å²) in [7, 11) is 0. The van der Waals surface area contributed by atoms with E-state index in [0.717, 1.165) is 18.6 Å². The van der Waals surface area contributed by atoms with E-state index in [1.165, 1.54) is 83.6 Å². The van der Waals surface area contributed by atoms with Crippen LogP contribution in [-0.2, 0) is 4.74 Å². The lowest BCUT2D eigenvalue weighted by atomic mass is 9.88. The molecular weight excluding hydrogens is 246 g/mol. The smallest absolute Gasteiger partial charge is 0.0576 e. The van der Waals surface area contributed by atoms with Gasteiger partial charge in [-0.25, -0.2) is 0 Å². The van der Waals surface area contributed by atoms with E-state index in [1.807, 2.05) is 0 Å². The lowest BCUT2D eigenvalue weighted by Gasteiger charge is -2.28. The Balaban J connectivity index is 1.72. The third kappa shape index (κ3) is 5.73. The van der Waals surface area contributed by atoms with E-state index < -0.39 is 0 Å². The van der Waals surface area contributed by atoms with Crippen molar-refractivity contribution >= 4 is 0 Å².